The summed E-state index contributed by atoms with van der Waals surface area (Å²) in [6.07, 6.45) is 0.293. The van der Waals surface area contributed by atoms with Gasteiger partial charge in [-0.1, -0.05) is 11.6 Å². The molecule has 0 unspecified atom stereocenters. The zero-order valence-corrected chi connectivity index (χ0v) is 11.0. The Kier molecular flexibility index (Phi) is 3.72. The number of halogens is 1. The third-order valence-corrected chi connectivity index (χ3v) is 2.85. The first kappa shape index (κ1) is 12.7. The van der Waals surface area contributed by atoms with Crippen LogP contribution in [0.15, 0.2) is 34.7 Å². The van der Waals surface area contributed by atoms with Crippen molar-refractivity contribution in [1.29, 1.82) is 0 Å². The van der Waals surface area contributed by atoms with Crippen LogP contribution in [0.2, 0.25) is 5.02 Å². The Morgan fingerprint density at radius 3 is 2.78 bits per heavy atom. The number of carbonyl (C=O) groups is 1. The Balaban J connectivity index is 2.36. The maximum absolute atomic E-state index is 11.0. The van der Waals surface area contributed by atoms with E-state index in [0.717, 1.165) is 5.56 Å². The summed E-state index contributed by atoms with van der Waals surface area (Å²) in [6.45, 7) is 1.53. The normalized spacial score (nSPS) is 10.4. The summed E-state index contributed by atoms with van der Waals surface area (Å²) in [5.74, 6) is 2.04. The van der Waals surface area contributed by atoms with E-state index in [9.17, 15) is 4.79 Å². The fourth-order valence-electron chi connectivity index (χ4n) is 1.68. The van der Waals surface area contributed by atoms with E-state index >= 15 is 0 Å². The molecule has 3 nitrogen and oxygen atoms in total. The highest BCUT2D eigenvalue weighted by molar-refractivity contribution is 6.33. The van der Waals surface area contributed by atoms with Crippen molar-refractivity contribution >= 4 is 17.4 Å². The van der Waals surface area contributed by atoms with Gasteiger partial charge in [0, 0.05) is 5.56 Å². The van der Waals surface area contributed by atoms with Gasteiger partial charge < -0.3 is 9.15 Å². The number of furan rings is 1. The fraction of sp³-hybridized carbons (Fsp3) is 0.214. The lowest BCUT2D eigenvalue weighted by Gasteiger charge is -2.04. The monoisotopic (exact) mass is 264 g/mol. The SMILES string of the molecule is COc1ccc(Cl)c(-c2ccc(CC(C)=O)o2)c1. The van der Waals surface area contributed by atoms with Gasteiger partial charge in [0.15, 0.2) is 0 Å². The van der Waals surface area contributed by atoms with Gasteiger partial charge in [0.05, 0.1) is 18.6 Å². The van der Waals surface area contributed by atoms with Crippen LogP contribution in [0.3, 0.4) is 0 Å². The summed E-state index contributed by atoms with van der Waals surface area (Å²) in [5.41, 5.74) is 0.755. The summed E-state index contributed by atoms with van der Waals surface area (Å²) in [4.78, 5) is 11.0. The second-order valence-corrected chi connectivity index (χ2v) is 4.40. The molecule has 1 aromatic carbocycles. The van der Waals surface area contributed by atoms with Gasteiger partial charge in [0.25, 0.3) is 0 Å². The first-order chi connectivity index (χ1) is 8.60. The quantitative estimate of drug-likeness (QED) is 0.844. The Morgan fingerprint density at radius 1 is 1.33 bits per heavy atom. The molecule has 0 atom stereocenters. The molecular formula is C14H13ClO3. The number of Topliss-reactive ketones (excluding diaryl/α,β-unsaturated/α-hetero) is 1. The number of rotatable bonds is 4. The Labute approximate surface area is 110 Å². The number of methoxy groups -OCH3 is 1. The molecule has 0 radical (unpaired) electrons. The third-order valence-electron chi connectivity index (χ3n) is 2.52. The minimum absolute atomic E-state index is 0.0626. The van der Waals surface area contributed by atoms with Gasteiger partial charge in [0.2, 0.25) is 0 Å². The van der Waals surface area contributed by atoms with Crippen molar-refractivity contribution in [1.82, 2.24) is 0 Å². The second kappa shape index (κ2) is 5.27. The highest BCUT2D eigenvalue weighted by Crippen LogP contribution is 2.32. The molecule has 18 heavy (non-hydrogen) atoms. The first-order valence-corrected chi connectivity index (χ1v) is 5.90. The van der Waals surface area contributed by atoms with Crippen LogP contribution in [-0.2, 0) is 11.2 Å². The minimum atomic E-state index is 0.0626. The molecule has 2 aromatic rings. The van der Waals surface area contributed by atoms with Gasteiger partial charge in [0.1, 0.15) is 23.1 Å². The number of benzene rings is 1. The smallest absolute Gasteiger partial charge is 0.137 e. The molecule has 0 bridgehead atoms. The van der Waals surface area contributed by atoms with Crippen LogP contribution >= 0.6 is 11.6 Å². The van der Waals surface area contributed by atoms with Crippen LogP contribution < -0.4 is 4.74 Å². The lowest BCUT2D eigenvalue weighted by molar-refractivity contribution is -0.116. The number of ether oxygens (including phenoxy) is 1. The van der Waals surface area contributed by atoms with Crippen LogP contribution in [-0.4, -0.2) is 12.9 Å². The predicted molar refractivity (Wildman–Crippen MR) is 70.1 cm³/mol. The minimum Gasteiger partial charge on any atom is -0.497 e. The third kappa shape index (κ3) is 2.74. The molecule has 0 aliphatic rings. The maximum Gasteiger partial charge on any atom is 0.137 e. The Hall–Kier alpha value is -1.74. The van der Waals surface area contributed by atoms with E-state index in [0.29, 0.717) is 28.7 Å². The van der Waals surface area contributed by atoms with E-state index < -0.39 is 0 Å². The predicted octanol–water partition coefficient (Wildman–Crippen LogP) is 3.74. The van der Waals surface area contributed by atoms with Crippen molar-refractivity contribution in [2.24, 2.45) is 0 Å². The average Bonchev–Trinajstić information content (AvgIpc) is 2.77. The molecule has 0 aliphatic carbocycles. The van der Waals surface area contributed by atoms with Crippen LogP contribution in [0.4, 0.5) is 0 Å². The van der Waals surface area contributed by atoms with Crippen LogP contribution in [0.1, 0.15) is 12.7 Å². The molecule has 1 heterocycles. The van der Waals surface area contributed by atoms with Gasteiger partial charge in [-0.2, -0.15) is 0 Å². The van der Waals surface area contributed by atoms with Crippen molar-refractivity contribution in [3.8, 4) is 17.1 Å². The van der Waals surface area contributed by atoms with Gasteiger partial charge in [-0.3, -0.25) is 4.79 Å². The van der Waals surface area contributed by atoms with E-state index in [1.807, 2.05) is 0 Å². The summed E-state index contributed by atoms with van der Waals surface area (Å²) in [5, 5.41) is 0.583. The lowest BCUT2D eigenvalue weighted by Crippen LogP contribution is -1.93. The van der Waals surface area contributed by atoms with Crippen LogP contribution in [0, 0.1) is 0 Å². The molecule has 0 aliphatic heterocycles. The van der Waals surface area contributed by atoms with Crippen molar-refractivity contribution < 1.29 is 13.9 Å². The molecule has 0 N–H and O–H groups in total. The number of hydrogen-bond donors (Lipinski definition) is 0. The number of hydrogen-bond acceptors (Lipinski definition) is 3. The first-order valence-electron chi connectivity index (χ1n) is 5.52. The van der Waals surface area contributed by atoms with Crippen molar-refractivity contribution in [2.45, 2.75) is 13.3 Å². The zero-order chi connectivity index (χ0) is 13.1. The topological polar surface area (TPSA) is 39.4 Å². The standard InChI is InChI=1S/C14H13ClO3/c1-9(16)7-11-4-6-14(18-11)12-8-10(17-2)3-5-13(12)15/h3-6,8H,7H2,1-2H3. The molecule has 0 spiro atoms. The van der Waals surface area contributed by atoms with E-state index in [1.54, 1.807) is 37.4 Å². The molecule has 0 saturated heterocycles. The molecule has 1 aromatic heterocycles. The summed E-state index contributed by atoms with van der Waals surface area (Å²) >= 11 is 6.12. The molecule has 2 rings (SSSR count). The largest absolute Gasteiger partial charge is 0.497 e. The van der Waals surface area contributed by atoms with Crippen LogP contribution in [0.5, 0.6) is 5.75 Å². The van der Waals surface area contributed by atoms with Crippen LogP contribution in [0.25, 0.3) is 11.3 Å². The molecule has 0 saturated carbocycles. The highest BCUT2D eigenvalue weighted by Gasteiger charge is 2.11. The van der Waals surface area contributed by atoms with Gasteiger partial charge in [-0.15, -0.1) is 0 Å². The maximum atomic E-state index is 11.0. The van der Waals surface area contributed by atoms with E-state index in [-0.39, 0.29) is 5.78 Å². The molecular weight excluding hydrogens is 252 g/mol. The Bertz CT molecular complexity index is 572. The number of carbonyl (C=O) groups excluding carboxylic acids is 1. The molecule has 94 valence electrons. The fourth-order valence-corrected chi connectivity index (χ4v) is 1.89. The van der Waals surface area contributed by atoms with E-state index in [4.69, 9.17) is 20.8 Å². The molecule has 0 fully saturated rings. The lowest BCUT2D eigenvalue weighted by atomic mass is 10.1. The molecule has 0 amide bonds. The van der Waals surface area contributed by atoms with Crippen molar-refractivity contribution in [3.05, 3.63) is 41.1 Å². The van der Waals surface area contributed by atoms with Gasteiger partial charge >= 0.3 is 0 Å². The molecule has 4 heteroatoms. The summed E-state index contributed by atoms with van der Waals surface area (Å²) in [6, 6.07) is 8.93. The van der Waals surface area contributed by atoms with Crippen molar-refractivity contribution in [2.75, 3.05) is 7.11 Å². The number of ketones is 1. The van der Waals surface area contributed by atoms with E-state index in [2.05, 4.69) is 0 Å². The highest BCUT2D eigenvalue weighted by atomic mass is 35.5. The van der Waals surface area contributed by atoms with E-state index in [1.165, 1.54) is 6.92 Å². The average molecular weight is 265 g/mol. The van der Waals surface area contributed by atoms with Crippen molar-refractivity contribution in [3.63, 3.8) is 0 Å². The summed E-state index contributed by atoms with van der Waals surface area (Å²) in [7, 11) is 1.59. The van der Waals surface area contributed by atoms with Gasteiger partial charge in [-0.25, -0.2) is 0 Å². The Morgan fingerprint density at radius 2 is 2.11 bits per heavy atom. The van der Waals surface area contributed by atoms with Gasteiger partial charge in [-0.05, 0) is 37.3 Å². The second-order valence-electron chi connectivity index (χ2n) is 3.99. The summed E-state index contributed by atoms with van der Waals surface area (Å²) < 4.78 is 10.7. The zero-order valence-electron chi connectivity index (χ0n) is 10.2.